The number of benzene rings is 3. The van der Waals surface area contributed by atoms with Crippen LogP contribution < -0.4 is 14.8 Å². The summed E-state index contributed by atoms with van der Waals surface area (Å²) in [6, 6.07) is 24.4. The molecule has 0 fully saturated rings. The maximum Gasteiger partial charge on any atom is 0.242 e. The van der Waals surface area contributed by atoms with Crippen molar-refractivity contribution in [3.63, 3.8) is 0 Å². The first-order valence-electron chi connectivity index (χ1n) is 9.89. The van der Waals surface area contributed by atoms with Gasteiger partial charge in [0.05, 0.1) is 19.9 Å². The van der Waals surface area contributed by atoms with Gasteiger partial charge in [-0.25, -0.2) is 0 Å². The first-order valence-corrected chi connectivity index (χ1v) is 10.8. The number of nitrogens with one attached hydrogen (secondary N) is 1. The maximum atomic E-state index is 13.4. The van der Waals surface area contributed by atoms with E-state index in [0.29, 0.717) is 22.3 Å². The van der Waals surface area contributed by atoms with Crippen molar-refractivity contribution in [3.05, 3.63) is 90.8 Å². The van der Waals surface area contributed by atoms with Crippen LogP contribution in [0.5, 0.6) is 11.5 Å². The third-order valence-corrected chi connectivity index (χ3v) is 5.97. The molecule has 1 amide bonds. The van der Waals surface area contributed by atoms with Crippen molar-refractivity contribution < 1.29 is 14.3 Å². The average molecular weight is 447 g/mol. The number of hydrogen-bond acceptors (Lipinski definition) is 6. The molecular formula is C24H22N4O3S. The largest absolute Gasteiger partial charge is 0.497 e. The van der Waals surface area contributed by atoms with Crippen molar-refractivity contribution in [2.24, 2.45) is 0 Å². The fourth-order valence-electron chi connectivity index (χ4n) is 3.21. The van der Waals surface area contributed by atoms with E-state index in [4.69, 9.17) is 9.47 Å². The zero-order valence-corrected chi connectivity index (χ0v) is 18.5. The highest BCUT2D eigenvalue weighted by Gasteiger charge is 2.25. The number of rotatable bonds is 8. The second-order valence-electron chi connectivity index (χ2n) is 6.79. The molecule has 0 spiro atoms. The molecule has 162 valence electrons. The fraction of sp³-hybridized carbons (Fsp3) is 0.125. The molecule has 7 nitrogen and oxygen atoms in total. The third-order valence-electron chi connectivity index (χ3n) is 4.76. The predicted octanol–water partition coefficient (Wildman–Crippen LogP) is 4.76. The van der Waals surface area contributed by atoms with Crippen molar-refractivity contribution in [1.29, 1.82) is 0 Å². The molecule has 1 N–H and O–H groups in total. The van der Waals surface area contributed by atoms with Crippen LogP contribution in [0.2, 0.25) is 0 Å². The Bertz CT molecular complexity index is 1200. The Kier molecular flexibility index (Phi) is 6.72. The molecule has 1 atom stereocenters. The molecule has 0 saturated heterocycles. The zero-order chi connectivity index (χ0) is 22.3. The molecule has 0 unspecified atom stereocenters. The number of aromatic nitrogens is 3. The van der Waals surface area contributed by atoms with Gasteiger partial charge >= 0.3 is 0 Å². The van der Waals surface area contributed by atoms with E-state index in [1.165, 1.54) is 11.8 Å². The van der Waals surface area contributed by atoms with Gasteiger partial charge in [-0.05, 0) is 29.8 Å². The van der Waals surface area contributed by atoms with Crippen LogP contribution in [-0.2, 0) is 4.79 Å². The van der Waals surface area contributed by atoms with E-state index in [1.54, 1.807) is 26.6 Å². The number of hydrogen-bond donors (Lipinski definition) is 1. The molecule has 4 aromatic rings. The van der Waals surface area contributed by atoms with E-state index < -0.39 is 5.25 Å². The molecule has 3 aromatic carbocycles. The SMILES string of the molecule is COc1cccc(NC(=O)[C@@H](Sc2nncn2-c2ccccc2OC)c2ccccc2)c1. The topological polar surface area (TPSA) is 78.3 Å². The lowest BCUT2D eigenvalue weighted by molar-refractivity contribution is -0.115. The Morgan fingerprint density at radius 2 is 1.75 bits per heavy atom. The Morgan fingerprint density at radius 1 is 0.969 bits per heavy atom. The smallest absolute Gasteiger partial charge is 0.242 e. The average Bonchev–Trinajstić information content (AvgIpc) is 3.31. The summed E-state index contributed by atoms with van der Waals surface area (Å²) in [7, 11) is 3.21. The highest BCUT2D eigenvalue weighted by atomic mass is 32.2. The van der Waals surface area contributed by atoms with Gasteiger partial charge in [0.25, 0.3) is 0 Å². The minimum absolute atomic E-state index is 0.177. The molecule has 0 bridgehead atoms. The second-order valence-corrected chi connectivity index (χ2v) is 7.86. The van der Waals surface area contributed by atoms with E-state index in [2.05, 4.69) is 15.5 Å². The zero-order valence-electron chi connectivity index (χ0n) is 17.6. The lowest BCUT2D eigenvalue weighted by atomic mass is 10.1. The van der Waals surface area contributed by atoms with E-state index in [1.807, 2.05) is 77.4 Å². The minimum Gasteiger partial charge on any atom is -0.497 e. The Morgan fingerprint density at radius 3 is 2.53 bits per heavy atom. The molecule has 0 radical (unpaired) electrons. The summed E-state index contributed by atoms with van der Waals surface area (Å²) in [6.45, 7) is 0. The van der Waals surface area contributed by atoms with E-state index in [9.17, 15) is 4.79 Å². The molecule has 0 saturated carbocycles. The van der Waals surface area contributed by atoms with E-state index in [0.717, 1.165) is 11.3 Å². The number of anilines is 1. The Labute approximate surface area is 190 Å². The number of carbonyl (C=O) groups excluding carboxylic acids is 1. The van der Waals surface area contributed by atoms with Crippen LogP contribution in [0.25, 0.3) is 5.69 Å². The predicted molar refractivity (Wildman–Crippen MR) is 125 cm³/mol. The summed E-state index contributed by atoms with van der Waals surface area (Å²) in [5, 5.41) is 11.4. The maximum absolute atomic E-state index is 13.4. The van der Waals surface area contributed by atoms with Gasteiger partial charge in [-0.3, -0.25) is 9.36 Å². The Balaban J connectivity index is 1.66. The molecule has 0 aliphatic heterocycles. The number of ether oxygens (including phenoxy) is 2. The quantitative estimate of drug-likeness (QED) is 0.393. The summed E-state index contributed by atoms with van der Waals surface area (Å²) in [6.07, 6.45) is 1.61. The van der Waals surface area contributed by atoms with Gasteiger partial charge in [-0.15, -0.1) is 10.2 Å². The number of thioether (sulfide) groups is 1. The van der Waals surface area contributed by atoms with E-state index >= 15 is 0 Å². The van der Waals surface area contributed by atoms with Crippen molar-refractivity contribution in [2.75, 3.05) is 19.5 Å². The number of methoxy groups -OCH3 is 2. The van der Waals surface area contributed by atoms with Gasteiger partial charge < -0.3 is 14.8 Å². The van der Waals surface area contributed by atoms with Crippen molar-refractivity contribution in [1.82, 2.24) is 14.8 Å². The van der Waals surface area contributed by atoms with Crippen LogP contribution in [0.4, 0.5) is 5.69 Å². The van der Waals surface area contributed by atoms with Gasteiger partial charge in [-0.1, -0.05) is 60.3 Å². The van der Waals surface area contributed by atoms with Gasteiger partial charge in [0.1, 0.15) is 23.1 Å². The minimum atomic E-state index is -0.556. The summed E-state index contributed by atoms with van der Waals surface area (Å²) < 4.78 is 12.6. The summed E-state index contributed by atoms with van der Waals surface area (Å²) in [4.78, 5) is 13.4. The highest BCUT2D eigenvalue weighted by molar-refractivity contribution is 8.00. The van der Waals surface area contributed by atoms with E-state index in [-0.39, 0.29) is 5.91 Å². The number of para-hydroxylation sites is 2. The van der Waals surface area contributed by atoms with Crippen LogP contribution in [0.3, 0.4) is 0 Å². The first kappa shape index (κ1) is 21.5. The van der Waals surface area contributed by atoms with Crippen LogP contribution in [0, 0.1) is 0 Å². The van der Waals surface area contributed by atoms with Gasteiger partial charge in [0, 0.05) is 11.8 Å². The molecule has 32 heavy (non-hydrogen) atoms. The number of nitrogens with zero attached hydrogens (tertiary/aromatic N) is 3. The molecular weight excluding hydrogens is 424 g/mol. The van der Waals surface area contributed by atoms with Crippen LogP contribution in [0.15, 0.2) is 90.3 Å². The molecule has 8 heteroatoms. The molecule has 4 rings (SSSR count). The monoisotopic (exact) mass is 446 g/mol. The van der Waals surface area contributed by atoms with Crippen molar-refractivity contribution in [3.8, 4) is 17.2 Å². The van der Waals surface area contributed by atoms with Crippen LogP contribution in [-0.4, -0.2) is 34.9 Å². The third kappa shape index (κ3) is 4.76. The summed E-state index contributed by atoms with van der Waals surface area (Å²) in [5.74, 6) is 1.18. The highest BCUT2D eigenvalue weighted by Crippen LogP contribution is 2.37. The lowest BCUT2D eigenvalue weighted by Crippen LogP contribution is -2.19. The fourth-order valence-corrected chi connectivity index (χ4v) is 4.24. The number of amides is 1. The van der Waals surface area contributed by atoms with Crippen molar-refractivity contribution >= 4 is 23.4 Å². The van der Waals surface area contributed by atoms with Crippen LogP contribution >= 0.6 is 11.8 Å². The van der Waals surface area contributed by atoms with Crippen molar-refractivity contribution in [2.45, 2.75) is 10.4 Å². The normalized spacial score (nSPS) is 11.6. The van der Waals surface area contributed by atoms with Gasteiger partial charge in [-0.2, -0.15) is 0 Å². The standard InChI is InChI=1S/C24H22N4O3S/c1-30-19-12-8-11-18(15-19)26-23(29)22(17-9-4-3-5-10-17)32-24-27-25-16-28(24)20-13-6-7-14-21(20)31-2/h3-16,22H,1-2H3,(H,26,29)/t22-/m0/s1. The molecule has 1 aromatic heterocycles. The Hall–Kier alpha value is -3.78. The summed E-state index contributed by atoms with van der Waals surface area (Å²) in [5.41, 5.74) is 2.30. The molecule has 0 aliphatic rings. The lowest BCUT2D eigenvalue weighted by Gasteiger charge is -2.18. The molecule has 1 heterocycles. The summed E-state index contributed by atoms with van der Waals surface area (Å²) >= 11 is 1.32. The second kappa shape index (κ2) is 10.0. The first-order chi connectivity index (χ1) is 15.7. The van der Waals surface area contributed by atoms with Crippen LogP contribution in [0.1, 0.15) is 10.8 Å². The number of carbonyl (C=O) groups is 1. The van der Waals surface area contributed by atoms with Gasteiger partial charge in [0.2, 0.25) is 5.91 Å². The molecule has 0 aliphatic carbocycles. The van der Waals surface area contributed by atoms with Gasteiger partial charge in [0.15, 0.2) is 5.16 Å².